The van der Waals surface area contributed by atoms with Crippen LogP contribution in [0, 0.1) is 17.0 Å². The van der Waals surface area contributed by atoms with E-state index in [-0.39, 0.29) is 17.8 Å². The van der Waals surface area contributed by atoms with Crippen LogP contribution < -0.4 is 5.32 Å². The summed E-state index contributed by atoms with van der Waals surface area (Å²) in [6, 6.07) is 3.99. The van der Waals surface area contributed by atoms with Gasteiger partial charge < -0.3 is 9.73 Å². The summed E-state index contributed by atoms with van der Waals surface area (Å²) in [7, 11) is 0. The molecule has 0 bridgehead atoms. The van der Waals surface area contributed by atoms with Crippen molar-refractivity contribution in [1.82, 2.24) is 10.3 Å². The van der Waals surface area contributed by atoms with E-state index >= 15 is 0 Å². The van der Waals surface area contributed by atoms with Crippen molar-refractivity contribution >= 4 is 27.5 Å². The van der Waals surface area contributed by atoms with Gasteiger partial charge in [0.25, 0.3) is 11.6 Å². The van der Waals surface area contributed by atoms with Gasteiger partial charge in [0.15, 0.2) is 0 Å². The molecule has 0 unspecified atom stereocenters. The zero-order valence-electron chi connectivity index (χ0n) is 10.4. The van der Waals surface area contributed by atoms with Crippen molar-refractivity contribution in [2.75, 3.05) is 0 Å². The van der Waals surface area contributed by atoms with Gasteiger partial charge in [-0.3, -0.25) is 14.9 Å². The number of aryl methyl sites for hydroxylation is 1. The van der Waals surface area contributed by atoms with Gasteiger partial charge in [0, 0.05) is 16.6 Å². The minimum absolute atomic E-state index is 0.113. The molecule has 1 aromatic heterocycles. The van der Waals surface area contributed by atoms with Crippen molar-refractivity contribution in [3.8, 4) is 0 Å². The van der Waals surface area contributed by atoms with Crippen LogP contribution in [-0.2, 0) is 6.54 Å². The lowest BCUT2D eigenvalue weighted by molar-refractivity contribution is -0.384. The molecule has 20 heavy (non-hydrogen) atoms. The summed E-state index contributed by atoms with van der Waals surface area (Å²) in [5.74, 6) is 0.569. The van der Waals surface area contributed by atoms with Gasteiger partial charge in [-0.2, -0.15) is 0 Å². The molecule has 8 heteroatoms. The fourth-order valence-electron chi connectivity index (χ4n) is 1.54. The summed E-state index contributed by atoms with van der Waals surface area (Å²) in [4.78, 5) is 26.1. The van der Waals surface area contributed by atoms with E-state index in [1.165, 1.54) is 18.2 Å². The molecule has 1 N–H and O–H groups in total. The van der Waals surface area contributed by atoms with E-state index in [0.717, 1.165) is 0 Å². The maximum Gasteiger partial charge on any atom is 0.270 e. The number of nitrogens with zero attached hydrogens (tertiary/aromatic N) is 2. The molecule has 1 heterocycles. The number of benzene rings is 1. The van der Waals surface area contributed by atoms with Crippen molar-refractivity contribution in [3.05, 3.63) is 56.2 Å². The number of oxazole rings is 1. The number of carbonyl (C=O) groups excluding carboxylic acids is 1. The van der Waals surface area contributed by atoms with Crippen LogP contribution in [0.1, 0.15) is 22.0 Å². The fraction of sp³-hybridized carbons (Fsp3) is 0.167. The third-order valence-corrected chi connectivity index (χ3v) is 3.17. The van der Waals surface area contributed by atoms with Crippen molar-refractivity contribution in [3.63, 3.8) is 0 Å². The topological polar surface area (TPSA) is 98.3 Å². The van der Waals surface area contributed by atoms with E-state index in [4.69, 9.17) is 4.42 Å². The normalized spacial score (nSPS) is 10.3. The SMILES string of the molecule is Cc1cnc(CNC(=O)c2cc([N+](=O)[O-])ccc2Br)o1. The van der Waals surface area contributed by atoms with E-state index in [9.17, 15) is 14.9 Å². The van der Waals surface area contributed by atoms with Crippen molar-refractivity contribution in [2.24, 2.45) is 0 Å². The molecule has 0 saturated heterocycles. The lowest BCUT2D eigenvalue weighted by Crippen LogP contribution is -2.23. The molecule has 2 rings (SSSR count). The van der Waals surface area contributed by atoms with Crippen molar-refractivity contribution in [1.29, 1.82) is 0 Å². The second-order valence-corrected chi connectivity index (χ2v) is 4.82. The van der Waals surface area contributed by atoms with Crippen LogP contribution in [0.3, 0.4) is 0 Å². The van der Waals surface area contributed by atoms with Crippen LogP contribution >= 0.6 is 15.9 Å². The van der Waals surface area contributed by atoms with Crippen molar-refractivity contribution in [2.45, 2.75) is 13.5 Å². The minimum atomic E-state index is -0.555. The number of hydrogen-bond donors (Lipinski definition) is 1. The number of rotatable bonds is 4. The van der Waals surface area contributed by atoms with Crippen LogP contribution in [0.4, 0.5) is 5.69 Å². The molecular formula is C12H10BrN3O4. The van der Waals surface area contributed by atoms with Crippen LogP contribution in [0.5, 0.6) is 0 Å². The van der Waals surface area contributed by atoms with Gasteiger partial charge in [-0.05, 0) is 28.9 Å². The second kappa shape index (κ2) is 5.83. The molecule has 0 aliphatic carbocycles. The first-order chi connectivity index (χ1) is 9.47. The molecule has 104 valence electrons. The molecule has 0 spiro atoms. The number of non-ortho nitro benzene ring substituents is 1. The molecule has 1 aromatic carbocycles. The summed E-state index contributed by atoms with van der Waals surface area (Å²) >= 11 is 3.19. The molecule has 0 atom stereocenters. The second-order valence-electron chi connectivity index (χ2n) is 3.97. The summed E-state index contributed by atoms with van der Waals surface area (Å²) < 4.78 is 5.69. The van der Waals surface area contributed by atoms with E-state index in [1.807, 2.05) is 0 Å². The Kier molecular flexibility index (Phi) is 4.14. The quantitative estimate of drug-likeness (QED) is 0.681. The van der Waals surface area contributed by atoms with Gasteiger partial charge in [0.2, 0.25) is 5.89 Å². The summed E-state index contributed by atoms with van der Waals surface area (Å²) in [6.07, 6.45) is 1.55. The van der Waals surface area contributed by atoms with E-state index < -0.39 is 10.8 Å². The lowest BCUT2D eigenvalue weighted by Gasteiger charge is -2.05. The Balaban J connectivity index is 2.12. The average Bonchev–Trinajstić information content (AvgIpc) is 2.82. The number of hydrogen-bond acceptors (Lipinski definition) is 5. The number of carbonyl (C=O) groups is 1. The Morgan fingerprint density at radius 2 is 2.30 bits per heavy atom. The number of nitro groups is 1. The Morgan fingerprint density at radius 3 is 2.90 bits per heavy atom. The third-order valence-electron chi connectivity index (χ3n) is 2.47. The van der Waals surface area contributed by atoms with Crippen LogP contribution in [0.2, 0.25) is 0 Å². The van der Waals surface area contributed by atoms with E-state index in [0.29, 0.717) is 16.1 Å². The number of nitrogens with one attached hydrogen (secondary N) is 1. The lowest BCUT2D eigenvalue weighted by atomic mass is 10.2. The smallest absolute Gasteiger partial charge is 0.270 e. The first-order valence-corrected chi connectivity index (χ1v) is 6.40. The Bertz CT molecular complexity index is 668. The van der Waals surface area contributed by atoms with Crippen molar-refractivity contribution < 1.29 is 14.1 Å². The van der Waals surface area contributed by atoms with E-state index in [2.05, 4.69) is 26.2 Å². The molecule has 0 radical (unpaired) electrons. The molecule has 0 saturated carbocycles. The zero-order chi connectivity index (χ0) is 14.7. The highest BCUT2D eigenvalue weighted by Gasteiger charge is 2.15. The van der Waals surface area contributed by atoms with Gasteiger partial charge in [-0.15, -0.1) is 0 Å². The van der Waals surface area contributed by atoms with Gasteiger partial charge in [0.05, 0.1) is 23.2 Å². The highest BCUT2D eigenvalue weighted by molar-refractivity contribution is 9.10. The number of nitro benzene ring substituents is 1. The molecule has 0 fully saturated rings. The number of amides is 1. The van der Waals surface area contributed by atoms with Gasteiger partial charge in [0.1, 0.15) is 5.76 Å². The maximum absolute atomic E-state index is 12.0. The molecule has 2 aromatic rings. The first-order valence-electron chi connectivity index (χ1n) is 5.61. The Morgan fingerprint density at radius 1 is 1.55 bits per heavy atom. The summed E-state index contributed by atoms with van der Waals surface area (Å²) in [6.45, 7) is 1.86. The van der Waals surface area contributed by atoms with Crippen LogP contribution in [0.15, 0.2) is 33.3 Å². The molecule has 7 nitrogen and oxygen atoms in total. The zero-order valence-corrected chi connectivity index (χ0v) is 12.0. The molecule has 0 aliphatic heterocycles. The van der Waals surface area contributed by atoms with Gasteiger partial charge in [-0.1, -0.05) is 0 Å². The van der Waals surface area contributed by atoms with Gasteiger partial charge >= 0.3 is 0 Å². The highest BCUT2D eigenvalue weighted by atomic mass is 79.9. The van der Waals surface area contributed by atoms with Gasteiger partial charge in [-0.25, -0.2) is 4.98 Å². The number of halogens is 1. The highest BCUT2D eigenvalue weighted by Crippen LogP contribution is 2.22. The van der Waals surface area contributed by atoms with E-state index in [1.54, 1.807) is 13.1 Å². The largest absolute Gasteiger partial charge is 0.444 e. The molecule has 1 amide bonds. The predicted octanol–water partition coefficient (Wildman–Crippen LogP) is 2.58. The fourth-order valence-corrected chi connectivity index (χ4v) is 1.96. The monoisotopic (exact) mass is 339 g/mol. The Hall–Kier alpha value is -2.22. The van der Waals surface area contributed by atoms with Crippen LogP contribution in [-0.4, -0.2) is 15.8 Å². The summed E-state index contributed by atoms with van der Waals surface area (Å²) in [5.41, 5.74) is 0.0350. The maximum atomic E-state index is 12.0. The first kappa shape index (κ1) is 14.2. The van der Waals surface area contributed by atoms with Crippen LogP contribution in [0.25, 0.3) is 0 Å². The summed E-state index contributed by atoms with van der Waals surface area (Å²) in [5, 5.41) is 13.3. The Labute approximate surface area is 122 Å². The third kappa shape index (κ3) is 3.21. The molecular weight excluding hydrogens is 330 g/mol. The standard InChI is InChI=1S/C12H10BrN3O4/c1-7-5-14-11(20-7)6-15-12(17)9-4-8(16(18)19)2-3-10(9)13/h2-5H,6H2,1H3,(H,15,17). The number of aromatic nitrogens is 1. The average molecular weight is 340 g/mol. The minimum Gasteiger partial charge on any atom is -0.444 e. The predicted molar refractivity (Wildman–Crippen MR) is 73.2 cm³/mol. The molecule has 0 aliphatic rings.